The van der Waals surface area contributed by atoms with Crippen molar-refractivity contribution in [3.8, 4) is 0 Å². The third kappa shape index (κ3) is 4.80. The normalized spacial score (nSPS) is 21.7. The van der Waals surface area contributed by atoms with E-state index >= 15 is 0 Å². The molecule has 0 bridgehead atoms. The van der Waals surface area contributed by atoms with Crippen molar-refractivity contribution < 1.29 is 4.21 Å². The van der Waals surface area contributed by atoms with Crippen molar-refractivity contribution in [3.05, 3.63) is 52.9 Å². The van der Waals surface area contributed by atoms with Crippen LogP contribution >= 0.6 is 15.9 Å². The third-order valence-electron chi connectivity index (χ3n) is 5.85. The van der Waals surface area contributed by atoms with Gasteiger partial charge in [-0.2, -0.15) is 0 Å². The number of hydrogen-bond donors (Lipinski definition) is 2. The highest BCUT2D eigenvalue weighted by atomic mass is 79.9. The number of benzene rings is 1. The molecule has 1 aromatic carbocycles. The van der Waals surface area contributed by atoms with E-state index < -0.39 is 9.73 Å². The third-order valence-corrected chi connectivity index (χ3v) is 8.19. The van der Waals surface area contributed by atoms with Crippen LogP contribution in [0.15, 0.2) is 47.3 Å². The Labute approximate surface area is 180 Å². The largest absolute Gasteiger partial charge is 0.356 e. The Bertz CT molecular complexity index is 1070. The molecule has 6 nitrogen and oxygen atoms in total. The molecule has 1 fully saturated rings. The number of halogens is 1. The van der Waals surface area contributed by atoms with E-state index in [2.05, 4.69) is 42.8 Å². The van der Waals surface area contributed by atoms with Crippen LogP contribution in [-0.4, -0.2) is 38.0 Å². The first-order valence-corrected chi connectivity index (χ1v) is 12.6. The summed E-state index contributed by atoms with van der Waals surface area (Å²) in [5, 5.41) is 1.04. The molecule has 154 valence electrons. The molecule has 1 aliphatic rings. The van der Waals surface area contributed by atoms with Crippen molar-refractivity contribution in [2.45, 2.75) is 37.5 Å². The highest BCUT2D eigenvalue weighted by Crippen LogP contribution is 2.32. The van der Waals surface area contributed by atoms with Crippen LogP contribution in [0.1, 0.15) is 31.2 Å². The van der Waals surface area contributed by atoms with E-state index in [-0.39, 0.29) is 0 Å². The van der Waals surface area contributed by atoms with Gasteiger partial charge in [-0.05, 0) is 55.4 Å². The Balaban J connectivity index is 1.35. The summed E-state index contributed by atoms with van der Waals surface area (Å²) in [5.74, 6) is 2.15. The van der Waals surface area contributed by atoms with Crippen molar-refractivity contribution in [1.29, 1.82) is 4.78 Å². The molecule has 2 aromatic heterocycles. The van der Waals surface area contributed by atoms with Crippen molar-refractivity contribution >= 4 is 42.5 Å². The summed E-state index contributed by atoms with van der Waals surface area (Å²) in [6, 6.07) is 10.2. The number of hydrogen-bond acceptors (Lipinski definition) is 5. The zero-order valence-electron chi connectivity index (χ0n) is 16.5. The molecular formula is C21H26BrN5OS. The number of aromatic amines is 1. The monoisotopic (exact) mass is 475 g/mol. The molecule has 1 aliphatic carbocycles. The molecule has 1 atom stereocenters. The number of nitrogens with zero attached hydrogens (tertiary/aromatic N) is 3. The van der Waals surface area contributed by atoms with Crippen LogP contribution in [0.5, 0.6) is 0 Å². The zero-order valence-corrected chi connectivity index (χ0v) is 18.9. The molecule has 2 N–H and O–H groups in total. The summed E-state index contributed by atoms with van der Waals surface area (Å²) >= 11 is 3.42. The second-order valence-corrected chi connectivity index (χ2v) is 11.1. The Hall–Kier alpha value is -1.93. The first-order valence-electron chi connectivity index (χ1n) is 9.91. The molecule has 1 saturated carbocycles. The second-order valence-electron chi connectivity index (χ2n) is 7.97. The molecule has 0 unspecified atom stereocenters. The number of nitrogens with one attached hydrogen (secondary N) is 2. The summed E-state index contributed by atoms with van der Waals surface area (Å²) in [6.07, 6.45) is 7.58. The zero-order chi connectivity index (χ0) is 20.4. The standard InChI is InChI=1S/C21H26BrN5OS/c1-27(21-19-10-11-24-20(19)25-14-26-21)18-8-4-16(5-9-18)13-29(23,28)12-15-2-6-17(22)7-3-15/h2-3,6-7,10-11,14,16,18,23H,4-5,8-9,12-13H2,1H3,(H,24,25,26)/t16-,18-,29-/m0/s1. The Morgan fingerprint density at radius 3 is 2.62 bits per heavy atom. The van der Waals surface area contributed by atoms with Gasteiger partial charge in [0.05, 0.1) is 11.1 Å². The van der Waals surface area contributed by atoms with Crippen molar-refractivity contribution in [2.75, 3.05) is 17.7 Å². The van der Waals surface area contributed by atoms with Crippen LogP contribution in [0, 0.1) is 10.7 Å². The predicted molar refractivity (Wildman–Crippen MR) is 122 cm³/mol. The second kappa shape index (κ2) is 8.44. The van der Waals surface area contributed by atoms with Gasteiger partial charge >= 0.3 is 0 Å². The van der Waals surface area contributed by atoms with Crippen LogP contribution in [-0.2, 0) is 15.5 Å². The van der Waals surface area contributed by atoms with Crippen LogP contribution in [0.25, 0.3) is 11.0 Å². The topological polar surface area (TPSA) is 85.7 Å². The average molecular weight is 476 g/mol. The SMILES string of the molecule is CN(c1ncnc2[nH]ccc12)[C@H]1CC[C@H](C[S@@](=N)(=O)Cc2ccc(Br)cc2)CC1. The van der Waals surface area contributed by atoms with Crippen LogP contribution < -0.4 is 4.90 Å². The minimum absolute atomic E-state index is 0.340. The Morgan fingerprint density at radius 1 is 1.17 bits per heavy atom. The molecule has 29 heavy (non-hydrogen) atoms. The van der Waals surface area contributed by atoms with Gasteiger partial charge < -0.3 is 9.88 Å². The number of aromatic nitrogens is 3. The predicted octanol–water partition coefficient (Wildman–Crippen LogP) is 4.96. The summed E-state index contributed by atoms with van der Waals surface area (Å²) < 4.78 is 22.3. The van der Waals surface area contributed by atoms with E-state index in [9.17, 15) is 4.21 Å². The van der Waals surface area contributed by atoms with E-state index in [1.807, 2.05) is 36.5 Å². The van der Waals surface area contributed by atoms with Gasteiger partial charge in [-0.3, -0.25) is 4.78 Å². The Kier molecular flexibility index (Phi) is 5.92. The highest BCUT2D eigenvalue weighted by molar-refractivity contribution is 9.10. The van der Waals surface area contributed by atoms with Gasteiger partial charge in [-0.1, -0.05) is 28.1 Å². The van der Waals surface area contributed by atoms with Gasteiger partial charge in [0.2, 0.25) is 0 Å². The lowest BCUT2D eigenvalue weighted by Gasteiger charge is -2.35. The fourth-order valence-electron chi connectivity index (χ4n) is 4.30. The molecule has 0 radical (unpaired) electrons. The van der Waals surface area contributed by atoms with Crippen LogP contribution in [0.2, 0.25) is 0 Å². The number of rotatable bonds is 6. The number of fused-ring (bicyclic) bond motifs is 1. The van der Waals surface area contributed by atoms with E-state index in [4.69, 9.17) is 4.78 Å². The van der Waals surface area contributed by atoms with Gasteiger partial charge in [-0.25, -0.2) is 14.2 Å². The quantitative estimate of drug-likeness (QED) is 0.527. The lowest BCUT2D eigenvalue weighted by Crippen LogP contribution is -2.37. The first-order chi connectivity index (χ1) is 13.9. The van der Waals surface area contributed by atoms with Crippen LogP contribution in [0.4, 0.5) is 5.82 Å². The van der Waals surface area contributed by atoms with Crippen molar-refractivity contribution in [2.24, 2.45) is 5.92 Å². The molecule has 0 saturated heterocycles. The Morgan fingerprint density at radius 2 is 1.90 bits per heavy atom. The highest BCUT2D eigenvalue weighted by Gasteiger charge is 2.27. The van der Waals surface area contributed by atoms with Gasteiger partial charge in [0.25, 0.3) is 0 Å². The van der Waals surface area contributed by atoms with Crippen molar-refractivity contribution in [3.63, 3.8) is 0 Å². The van der Waals surface area contributed by atoms with Gasteiger partial charge in [0, 0.05) is 39.2 Å². The first kappa shape index (κ1) is 20.3. The maximum atomic E-state index is 12.9. The minimum atomic E-state index is -2.61. The average Bonchev–Trinajstić information content (AvgIpc) is 3.18. The smallest absolute Gasteiger partial charge is 0.142 e. The van der Waals surface area contributed by atoms with Crippen molar-refractivity contribution in [1.82, 2.24) is 15.0 Å². The maximum absolute atomic E-state index is 12.9. The summed E-state index contributed by atoms with van der Waals surface area (Å²) in [6.45, 7) is 0. The summed E-state index contributed by atoms with van der Waals surface area (Å²) in [5.41, 5.74) is 1.83. The van der Waals surface area contributed by atoms with E-state index in [1.165, 1.54) is 0 Å². The fraction of sp³-hybridized carbons (Fsp3) is 0.429. The fourth-order valence-corrected chi connectivity index (χ4v) is 6.51. The molecule has 2 heterocycles. The minimum Gasteiger partial charge on any atom is -0.356 e. The lowest BCUT2D eigenvalue weighted by atomic mass is 9.86. The number of H-pyrrole nitrogens is 1. The lowest BCUT2D eigenvalue weighted by molar-refractivity contribution is 0.342. The molecule has 0 amide bonds. The molecule has 8 heteroatoms. The van der Waals surface area contributed by atoms with E-state index in [0.29, 0.717) is 23.5 Å². The number of anilines is 1. The molecule has 3 aromatic rings. The maximum Gasteiger partial charge on any atom is 0.142 e. The molecular weight excluding hydrogens is 450 g/mol. The molecule has 0 aliphatic heterocycles. The van der Waals surface area contributed by atoms with Crippen LogP contribution in [0.3, 0.4) is 0 Å². The molecule has 4 rings (SSSR count). The molecule has 0 spiro atoms. The summed E-state index contributed by atoms with van der Waals surface area (Å²) in [7, 11) is -0.514. The van der Waals surface area contributed by atoms with Gasteiger partial charge in [0.15, 0.2) is 0 Å². The van der Waals surface area contributed by atoms with Gasteiger partial charge in [-0.15, -0.1) is 0 Å². The van der Waals surface area contributed by atoms with E-state index in [1.54, 1.807) is 6.33 Å². The van der Waals surface area contributed by atoms with Gasteiger partial charge in [0.1, 0.15) is 17.8 Å². The summed E-state index contributed by atoms with van der Waals surface area (Å²) in [4.78, 5) is 14.2. The van der Waals surface area contributed by atoms with E-state index in [0.717, 1.165) is 52.6 Å².